The summed E-state index contributed by atoms with van der Waals surface area (Å²) in [6.07, 6.45) is 3.53. The lowest BCUT2D eigenvalue weighted by Crippen LogP contribution is -2.34. The molecule has 0 saturated heterocycles. The monoisotopic (exact) mass is 260 g/mol. The predicted octanol–water partition coefficient (Wildman–Crippen LogP) is 1.91. The van der Waals surface area contributed by atoms with Gasteiger partial charge >= 0.3 is 0 Å². The van der Waals surface area contributed by atoms with E-state index in [2.05, 4.69) is 10.3 Å². The molecule has 4 heteroatoms. The molecule has 3 nitrogen and oxygen atoms in total. The zero-order chi connectivity index (χ0) is 13.5. The third kappa shape index (κ3) is 4.43. The Balaban J connectivity index is 1.89. The topological polar surface area (TPSA) is 45.1 Å². The lowest BCUT2D eigenvalue weighted by atomic mass is 10.1. The SMILES string of the molecule is OCC(Cc1ccccc1)NCc1cncc(F)c1. The summed E-state index contributed by atoms with van der Waals surface area (Å²) in [4.78, 5) is 3.79. The van der Waals surface area contributed by atoms with Crippen LogP contribution in [0, 0.1) is 5.82 Å². The van der Waals surface area contributed by atoms with E-state index in [0.717, 1.165) is 17.5 Å². The van der Waals surface area contributed by atoms with Crippen LogP contribution in [0.4, 0.5) is 4.39 Å². The Morgan fingerprint density at radius 1 is 1.16 bits per heavy atom. The van der Waals surface area contributed by atoms with Crippen LogP contribution in [0.15, 0.2) is 48.8 Å². The lowest BCUT2D eigenvalue weighted by Gasteiger charge is -2.16. The van der Waals surface area contributed by atoms with Crippen LogP contribution in [0.3, 0.4) is 0 Å². The number of nitrogens with one attached hydrogen (secondary N) is 1. The Kier molecular flexibility index (Phi) is 5.01. The Morgan fingerprint density at radius 3 is 2.63 bits per heavy atom. The van der Waals surface area contributed by atoms with Gasteiger partial charge in [0.25, 0.3) is 0 Å². The summed E-state index contributed by atoms with van der Waals surface area (Å²) in [5.41, 5.74) is 1.93. The van der Waals surface area contributed by atoms with Crippen molar-refractivity contribution in [2.24, 2.45) is 0 Å². The average Bonchev–Trinajstić information content (AvgIpc) is 2.44. The van der Waals surface area contributed by atoms with E-state index in [4.69, 9.17) is 0 Å². The van der Waals surface area contributed by atoms with Crippen LogP contribution in [0.5, 0.6) is 0 Å². The second-order valence-electron chi connectivity index (χ2n) is 4.46. The smallest absolute Gasteiger partial charge is 0.141 e. The van der Waals surface area contributed by atoms with E-state index in [1.165, 1.54) is 12.3 Å². The second-order valence-corrected chi connectivity index (χ2v) is 4.46. The van der Waals surface area contributed by atoms with E-state index in [1.807, 2.05) is 30.3 Å². The molecule has 2 rings (SSSR count). The minimum Gasteiger partial charge on any atom is -0.395 e. The Bertz CT molecular complexity index is 505. The largest absolute Gasteiger partial charge is 0.395 e. The van der Waals surface area contributed by atoms with Crippen LogP contribution in [-0.4, -0.2) is 22.7 Å². The number of rotatable bonds is 6. The minimum atomic E-state index is -0.345. The van der Waals surface area contributed by atoms with Crippen LogP contribution in [0.1, 0.15) is 11.1 Å². The second kappa shape index (κ2) is 6.97. The summed E-state index contributed by atoms with van der Waals surface area (Å²) >= 11 is 0. The molecule has 0 amide bonds. The predicted molar refractivity (Wildman–Crippen MR) is 72.1 cm³/mol. The van der Waals surface area contributed by atoms with E-state index in [-0.39, 0.29) is 18.5 Å². The first-order chi connectivity index (χ1) is 9.28. The molecular weight excluding hydrogens is 243 g/mol. The molecule has 0 aliphatic rings. The molecule has 1 aromatic carbocycles. The number of halogens is 1. The number of aliphatic hydroxyl groups excluding tert-OH is 1. The molecule has 0 aliphatic carbocycles. The molecular formula is C15H17FN2O. The molecule has 100 valence electrons. The molecule has 0 spiro atoms. The van der Waals surface area contributed by atoms with Gasteiger partial charge in [-0.05, 0) is 23.6 Å². The van der Waals surface area contributed by atoms with Crippen molar-refractivity contribution in [2.45, 2.75) is 19.0 Å². The van der Waals surface area contributed by atoms with Crippen LogP contribution in [0.2, 0.25) is 0 Å². The molecule has 0 aliphatic heterocycles. The number of aliphatic hydroxyl groups is 1. The maximum absolute atomic E-state index is 13.0. The van der Waals surface area contributed by atoms with Gasteiger partial charge in [-0.2, -0.15) is 0 Å². The van der Waals surface area contributed by atoms with Gasteiger partial charge in [0, 0.05) is 18.8 Å². The molecule has 0 fully saturated rings. The highest BCUT2D eigenvalue weighted by atomic mass is 19.1. The van der Waals surface area contributed by atoms with Gasteiger partial charge in [0.05, 0.1) is 12.8 Å². The summed E-state index contributed by atoms with van der Waals surface area (Å²) < 4.78 is 13.0. The number of hydrogen-bond donors (Lipinski definition) is 2. The van der Waals surface area contributed by atoms with Crippen LogP contribution in [0.25, 0.3) is 0 Å². The van der Waals surface area contributed by atoms with Crippen molar-refractivity contribution in [3.63, 3.8) is 0 Å². The highest BCUT2D eigenvalue weighted by molar-refractivity contribution is 5.16. The van der Waals surface area contributed by atoms with E-state index in [9.17, 15) is 9.50 Å². The Labute approximate surface area is 112 Å². The maximum atomic E-state index is 13.0. The van der Waals surface area contributed by atoms with Crippen molar-refractivity contribution in [1.29, 1.82) is 0 Å². The molecule has 0 bridgehead atoms. The molecule has 2 N–H and O–H groups in total. The fourth-order valence-corrected chi connectivity index (χ4v) is 1.91. The first-order valence-corrected chi connectivity index (χ1v) is 6.25. The first kappa shape index (κ1) is 13.6. The van der Waals surface area contributed by atoms with E-state index >= 15 is 0 Å². The van der Waals surface area contributed by atoms with Crippen LogP contribution in [-0.2, 0) is 13.0 Å². The molecule has 1 aromatic heterocycles. The third-order valence-electron chi connectivity index (χ3n) is 2.90. The van der Waals surface area contributed by atoms with Gasteiger partial charge in [0.15, 0.2) is 0 Å². The minimum absolute atomic E-state index is 0.0393. The van der Waals surface area contributed by atoms with E-state index in [0.29, 0.717) is 6.54 Å². The molecule has 1 unspecified atom stereocenters. The first-order valence-electron chi connectivity index (χ1n) is 6.25. The lowest BCUT2D eigenvalue weighted by molar-refractivity contribution is 0.240. The highest BCUT2D eigenvalue weighted by Gasteiger charge is 2.08. The Morgan fingerprint density at radius 2 is 1.95 bits per heavy atom. The fourth-order valence-electron chi connectivity index (χ4n) is 1.91. The summed E-state index contributed by atoms with van der Waals surface area (Å²) in [7, 11) is 0. The van der Waals surface area contributed by atoms with Crippen molar-refractivity contribution in [2.75, 3.05) is 6.61 Å². The number of hydrogen-bond acceptors (Lipinski definition) is 3. The van der Waals surface area contributed by atoms with Gasteiger partial charge in [0.2, 0.25) is 0 Å². The van der Waals surface area contributed by atoms with Crippen molar-refractivity contribution in [1.82, 2.24) is 10.3 Å². The standard InChI is InChI=1S/C15H17FN2O/c16-14-6-13(8-17-10-14)9-18-15(11-19)7-12-4-2-1-3-5-12/h1-6,8,10,15,18-19H,7,9,11H2. The highest BCUT2D eigenvalue weighted by Crippen LogP contribution is 2.05. The van der Waals surface area contributed by atoms with Crippen molar-refractivity contribution in [3.8, 4) is 0 Å². The number of aromatic nitrogens is 1. The summed E-state index contributed by atoms with van der Waals surface area (Å²) in [6.45, 7) is 0.528. The molecule has 2 aromatic rings. The third-order valence-corrected chi connectivity index (χ3v) is 2.90. The van der Waals surface area contributed by atoms with Crippen LogP contribution >= 0.6 is 0 Å². The molecule has 0 saturated carbocycles. The summed E-state index contributed by atoms with van der Waals surface area (Å²) in [5, 5.41) is 12.6. The van der Waals surface area contributed by atoms with Gasteiger partial charge in [-0.15, -0.1) is 0 Å². The number of benzene rings is 1. The number of pyridine rings is 1. The van der Waals surface area contributed by atoms with E-state index < -0.39 is 0 Å². The van der Waals surface area contributed by atoms with E-state index in [1.54, 1.807) is 6.20 Å². The van der Waals surface area contributed by atoms with Gasteiger partial charge < -0.3 is 10.4 Å². The summed E-state index contributed by atoms with van der Waals surface area (Å²) in [6, 6.07) is 11.3. The quantitative estimate of drug-likeness (QED) is 0.834. The van der Waals surface area contributed by atoms with Gasteiger partial charge in [-0.3, -0.25) is 4.98 Å². The fraction of sp³-hybridized carbons (Fsp3) is 0.267. The maximum Gasteiger partial charge on any atom is 0.141 e. The van der Waals surface area contributed by atoms with Gasteiger partial charge in [0.1, 0.15) is 5.82 Å². The van der Waals surface area contributed by atoms with Crippen molar-refractivity contribution >= 4 is 0 Å². The zero-order valence-corrected chi connectivity index (χ0v) is 10.6. The van der Waals surface area contributed by atoms with Crippen molar-refractivity contribution in [3.05, 3.63) is 65.7 Å². The zero-order valence-electron chi connectivity index (χ0n) is 10.6. The molecule has 1 atom stereocenters. The Hall–Kier alpha value is -1.78. The molecule has 1 heterocycles. The molecule has 19 heavy (non-hydrogen) atoms. The number of nitrogens with zero attached hydrogens (tertiary/aromatic N) is 1. The average molecular weight is 260 g/mol. The normalized spacial score (nSPS) is 12.3. The molecule has 0 radical (unpaired) electrons. The van der Waals surface area contributed by atoms with Crippen LogP contribution < -0.4 is 5.32 Å². The van der Waals surface area contributed by atoms with Crippen molar-refractivity contribution < 1.29 is 9.50 Å². The summed E-state index contributed by atoms with van der Waals surface area (Å²) in [5.74, 6) is -0.345. The van der Waals surface area contributed by atoms with Gasteiger partial charge in [-0.25, -0.2) is 4.39 Å². The van der Waals surface area contributed by atoms with Gasteiger partial charge in [-0.1, -0.05) is 30.3 Å².